The largest absolute Gasteiger partial charge is 0.361 e. The summed E-state index contributed by atoms with van der Waals surface area (Å²) < 4.78 is 0. The lowest BCUT2D eigenvalue weighted by atomic mass is 10.0. The lowest BCUT2D eigenvalue weighted by Crippen LogP contribution is -2.46. The Labute approximate surface area is 129 Å². The summed E-state index contributed by atoms with van der Waals surface area (Å²) in [5, 5.41) is 1.12. The number of carbonyl (C=O) groups is 1. The van der Waals surface area contributed by atoms with Crippen molar-refractivity contribution in [2.75, 3.05) is 6.54 Å². The summed E-state index contributed by atoms with van der Waals surface area (Å²) in [6, 6.07) is 5.60. The van der Waals surface area contributed by atoms with Crippen molar-refractivity contribution < 1.29 is 4.79 Å². The molecular formula is C17H20N4O. The van der Waals surface area contributed by atoms with Crippen molar-refractivity contribution in [2.45, 2.75) is 38.4 Å². The molecule has 0 radical (unpaired) electrons. The molecule has 1 aliphatic heterocycles. The van der Waals surface area contributed by atoms with E-state index in [1.54, 1.807) is 4.90 Å². The second-order valence-corrected chi connectivity index (χ2v) is 5.96. The van der Waals surface area contributed by atoms with E-state index in [9.17, 15) is 4.79 Å². The van der Waals surface area contributed by atoms with Gasteiger partial charge in [-0.15, -0.1) is 0 Å². The molecule has 2 heterocycles. The van der Waals surface area contributed by atoms with E-state index in [1.165, 1.54) is 5.56 Å². The van der Waals surface area contributed by atoms with Gasteiger partial charge in [-0.3, -0.25) is 14.5 Å². The molecule has 0 spiro atoms. The number of hydrogen-bond acceptors (Lipinski definition) is 2. The van der Waals surface area contributed by atoms with Gasteiger partial charge in [0, 0.05) is 30.1 Å². The Morgan fingerprint density at radius 2 is 2.41 bits per heavy atom. The number of nitrogens with one attached hydrogen (secondary N) is 1. The number of aromatic nitrogens is 1. The Morgan fingerprint density at radius 3 is 3.18 bits per heavy atom. The van der Waals surface area contributed by atoms with Gasteiger partial charge >= 0.3 is 6.17 Å². The van der Waals surface area contributed by atoms with Crippen LogP contribution in [0.1, 0.15) is 24.0 Å². The summed E-state index contributed by atoms with van der Waals surface area (Å²) in [6.45, 7) is 9.87. The Balaban J connectivity index is 1.78. The number of hydrogen-bond donors (Lipinski definition) is 2. The van der Waals surface area contributed by atoms with Gasteiger partial charge in [0.2, 0.25) is 5.91 Å². The first kappa shape index (κ1) is 14.6. The van der Waals surface area contributed by atoms with Crippen LogP contribution in [0.3, 0.4) is 0 Å². The molecule has 5 heteroatoms. The Hall–Kier alpha value is -2.32. The fraction of sp³-hybridized carbons (Fsp3) is 0.412. The van der Waals surface area contributed by atoms with Gasteiger partial charge in [0.15, 0.2) is 0 Å². The number of aryl methyl sites for hydroxylation is 1. The third kappa shape index (κ3) is 2.58. The van der Waals surface area contributed by atoms with Gasteiger partial charge in [0.05, 0.1) is 6.04 Å². The third-order valence-electron chi connectivity index (χ3n) is 4.33. The number of benzene rings is 1. The summed E-state index contributed by atoms with van der Waals surface area (Å²) in [4.78, 5) is 20.9. The molecule has 1 aromatic heterocycles. The average Bonchev–Trinajstić information content (AvgIpc) is 3.13. The number of nitrogens with two attached hydrogens (primary N) is 1. The molecule has 1 fully saturated rings. The minimum absolute atomic E-state index is 0.111. The van der Waals surface area contributed by atoms with Crippen LogP contribution in [0.4, 0.5) is 0 Å². The molecule has 0 bridgehead atoms. The average molecular weight is 296 g/mol. The van der Waals surface area contributed by atoms with Gasteiger partial charge in [-0.25, -0.2) is 6.57 Å². The molecule has 3 N–H and O–H groups in total. The number of likely N-dealkylation sites (tertiary alicyclic amines) is 1. The molecule has 0 saturated carbocycles. The van der Waals surface area contributed by atoms with Crippen LogP contribution in [0, 0.1) is 13.5 Å². The summed E-state index contributed by atoms with van der Waals surface area (Å²) in [6.07, 6.45) is 3.73. The zero-order valence-electron chi connectivity index (χ0n) is 12.7. The minimum atomic E-state index is -0.595. The van der Waals surface area contributed by atoms with Crippen molar-refractivity contribution in [3.8, 4) is 0 Å². The minimum Gasteiger partial charge on any atom is -0.361 e. The maximum absolute atomic E-state index is 12.5. The van der Waals surface area contributed by atoms with Crippen LogP contribution in [0.2, 0.25) is 0 Å². The Kier molecular flexibility index (Phi) is 3.86. The van der Waals surface area contributed by atoms with Gasteiger partial charge in [-0.05, 0) is 37.5 Å². The van der Waals surface area contributed by atoms with E-state index in [0.717, 1.165) is 29.3 Å². The van der Waals surface area contributed by atoms with Crippen molar-refractivity contribution in [3.63, 3.8) is 0 Å². The molecule has 5 nitrogen and oxygen atoms in total. The van der Waals surface area contributed by atoms with Crippen LogP contribution >= 0.6 is 0 Å². The van der Waals surface area contributed by atoms with Gasteiger partial charge < -0.3 is 10.7 Å². The molecule has 2 unspecified atom stereocenters. The highest BCUT2D eigenvalue weighted by Gasteiger charge is 2.35. The fourth-order valence-corrected chi connectivity index (χ4v) is 3.14. The normalized spacial score (nSPS) is 19.3. The molecule has 22 heavy (non-hydrogen) atoms. The van der Waals surface area contributed by atoms with Crippen molar-refractivity contribution in [3.05, 3.63) is 46.9 Å². The number of carbonyl (C=O) groups excluding carboxylic acids is 1. The topological polar surface area (TPSA) is 66.5 Å². The van der Waals surface area contributed by atoms with Gasteiger partial charge in [0.25, 0.3) is 0 Å². The molecule has 1 aromatic carbocycles. The standard InChI is InChI=1S/C17H20N4O/c1-11-5-6-15-13(8-11)12(10-20-15)9-14(18)17(22)21-7-3-4-16(21)19-2/h5-6,8,10,14,16,20H,3-4,7,9,18H2,1H3. The molecular weight excluding hydrogens is 276 g/mol. The lowest BCUT2D eigenvalue weighted by molar-refractivity contribution is -0.132. The molecule has 3 rings (SSSR count). The van der Waals surface area contributed by atoms with E-state index in [-0.39, 0.29) is 12.1 Å². The van der Waals surface area contributed by atoms with Crippen LogP contribution in [0.25, 0.3) is 15.7 Å². The first-order valence-electron chi connectivity index (χ1n) is 7.59. The number of nitrogens with zero attached hydrogens (tertiary/aromatic N) is 2. The second-order valence-electron chi connectivity index (χ2n) is 5.96. The first-order valence-corrected chi connectivity index (χ1v) is 7.59. The predicted octanol–water partition coefficient (Wildman–Crippen LogP) is 2.21. The molecule has 2 aromatic rings. The number of fused-ring (bicyclic) bond motifs is 1. The van der Waals surface area contributed by atoms with Crippen LogP contribution in [0.15, 0.2) is 24.4 Å². The van der Waals surface area contributed by atoms with Crippen LogP contribution in [-0.2, 0) is 11.2 Å². The molecule has 1 amide bonds. The maximum atomic E-state index is 12.5. The van der Waals surface area contributed by atoms with Crippen molar-refractivity contribution in [1.82, 2.24) is 9.88 Å². The van der Waals surface area contributed by atoms with E-state index in [0.29, 0.717) is 13.0 Å². The van der Waals surface area contributed by atoms with Gasteiger partial charge in [-0.1, -0.05) is 11.6 Å². The monoisotopic (exact) mass is 296 g/mol. The van der Waals surface area contributed by atoms with Crippen molar-refractivity contribution in [1.29, 1.82) is 0 Å². The van der Waals surface area contributed by atoms with E-state index < -0.39 is 6.04 Å². The molecule has 114 valence electrons. The maximum Gasteiger partial charge on any atom is 0.300 e. The molecule has 1 saturated heterocycles. The summed E-state index contributed by atoms with van der Waals surface area (Å²) in [5.74, 6) is -0.111. The van der Waals surface area contributed by atoms with Gasteiger partial charge in [-0.2, -0.15) is 0 Å². The number of amides is 1. The molecule has 1 aliphatic rings. The lowest BCUT2D eigenvalue weighted by Gasteiger charge is -2.20. The molecule has 0 aliphatic carbocycles. The third-order valence-corrected chi connectivity index (χ3v) is 4.33. The van der Waals surface area contributed by atoms with Crippen molar-refractivity contribution in [2.24, 2.45) is 5.73 Å². The number of H-pyrrole nitrogens is 1. The van der Waals surface area contributed by atoms with Crippen LogP contribution < -0.4 is 5.73 Å². The van der Waals surface area contributed by atoms with E-state index in [1.807, 2.05) is 19.2 Å². The fourth-order valence-electron chi connectivity index (χ4n) is 3.14. The predicted molar refractivity (Wildman–Crippen MR) is 86.1 cm³/mol. The van der Waals surface area contributed by atoms with Crippen LogP contribution in [0.5, 0.6) is 0 Å². The van der Waals surface area contributed by atoms with Crippen molar-refractivity contribution >= 4 is 16.8 Å². The Morgan fingerprint density at radius 1 is 1.59 bits per heavy atom. The smallest absolute Gasteiger partial charge is 0.300 e. The highest BCUT2D eigenvalue weighted by Crippen LogP contribution is 2.23. The summed E-state index contributed by atoms with van der Waals surface area (Å²) in [5.41, 5.74) is 9.42. The SMILES string of the molecule is [C-]#[N+]C1CCCN1C(=O)C(N)Cc1c[nH]c2ccc(C)cc12. The second kappa shape index (κ2) is 5.82. The highest BCUT2D eigenvalue weighted by atomic mass is 16.2. The Bertz CT molecular complexity index is 743. The van der Waals surface area contributed by atoms with E-state index in [2.05, 4.69) is 22.0 Å². The summed E-state index contributed by atoms with van der Waals surface area (Å²) in [7, 11) is 0. The van der Waals surface area contributed by atoms with Gasteiger partial charge in [0.1, 0.15) is 0 Å². The van der Waals surface area contributed by atoms with E-state index in [4.69, 9.17) is 12.3 Å². The zero-order valence-corrected chi connectivity index (χ0v) is 12.7. The first-order chi connectivity index (χ1) is 10.6. The quantitative estimate of drug-likeness (QED) is 0.853. The number of rotatable bonds is 3. The summed E-state index contributed by atoms with van der Waals surface area (Å²) >= 11 is 0. The van der Waals surface area contributed by atoms with E-state index >= 15 is 0 Å². The zero-order chi connectivity index (χ0) is 15.7. The van der Waals surface area contributed by atoms with Crippen LogP contribution in [-0.4, -0.2) is 34.5 Å². The molecule has 2 atom stereocenters. The number of aromatic amines is 1. The highest BCUT2D eigenvalue weighted by molar-refractivity contribution is 5.86.